The standard InChI is InChI=1S/C10H14ClN5O4/c11-7-4-8(15-10(12)14-7)16(2-13-4)9-6(19)5(18)3(1-17)20-9/h2-3,5-7,9,17-19H,1H2,(H3,12,14,15)/t3-,5-,6-,7+,9+/m0/s1. The molecule has 1 aromatic heterocycles. The second kappa shape index (κ2) is 4.86. The van der Waals surface area contributed by atoms with E-state index in [1.54, 1.807) is 0 Å². The van der Waals surface area contributed by atoms with E-state index >= 15 is 0 Å². The largest absolute Gasteiger partial charge is 0.394 e. The number of aromatic nitrogens is 2. The second-order valence-corrected chi connectivity index (χ2v) is 5.00. The first kappa shape index (κ1) is 13.6. The van der Waals surface area contributed by atoms with Crippen molar-refractivity contribution >= 4 is 23.4 Å². The van der Waals surface area contributed by atoms with Crippen molar-refractivity contribution in [3.63, 3.8) is 0 Å². The number of hydrogen-bond donors (Lipinski definition) is 5. The van der Waals surface area contributed by atoms with Gasteiger partial charge in [-0.25, -0.2) is 9.98 Å². The number of guanidine groups is 1. The average Bonchev–Trinajstić information content (AvgIpc) is 2.93. The van der Waals surface area contributed by atoms with Crippen LogP contribution in [0.1, 0.15) is 17.4 Å². The van der Waals surface area contributed by atoms with Crippen LogP contribution < -0.4 is 11.1 Å². The number of halogens is 1. The normalized spacial score (nSPS) is 36.4. The smallest absolute Gasteiger partial charge is 0.196 e. The lowest BCUT2D eigenvalue weighted by Gasteiger charge is -2.22. The van der Waals surface area contributed by atoms with E-state index in [2.05, 4.69) is 15.3 Å². The van der Waals surface area contributed by atoms with E-state index in [9.17, 15) is 10.2 Å². The molecule has 0 radical (unpaired) electrons. The molecular formula is C10H14ClN5O4. The highest BCUT2D eigenvalue weighted by atomic mass is 35.5. The van der Waals surface area contributed by atoms with Crippen molar-refractivity contribution < 1.29 is 20.1 Å². The maximum absolute atomic E-state index is 10.0. The molecule has 6 N–H and O–H groups in total. The lowest BCUT2D eigenvalue weighted by molar-refractivity contribution is -0.0518. The van der Waals surface area contributed by atoms with Gasteiger partial charge < -0.3 is 31.1 Å². The third-order valence-electron chi connectivity index (χ3n) is 3.34. The van der Waals surface area contributed by atoms with Crippen molar-refractivity contribution in [2.24, 2.45) is 10.7 Å². The van der Waals surface area contributed by atoms with Crippen LogP contribution in [0.5, 0.6) is 0 Å². The highest BCUT2D eigenvalue weighted by Crippen LogP contribution is 2.37. The molecule has 3 heterocycles. The van der Waals surface area contributed by atoms with Gasteiger partial charge in [0.25, 0.3) is 0 Å². The lowest BCUT2D eigenvalue weighted by atomic mass is 10.1. The second-order valence-electron chi connectivity index (χ2n) is 4.59. The van der Waals surface area contributed by atoms with Gasteiger partial charge in [-0.2, -0.15) is 0 Å². The van der Waals surface area contributed by atoms with Crippen molar-refractivity contribution in [2.75, 3.05) is 11.9 Å². The van der Waals surface area contributed by atoms with Crippen LogP contribution in [-0.4, -0.2) is 55.7 Å². The molecule has 20 heavy (non-hydrogen) atoms. The van der Waals surface area contributed by atoms with Crippen LogP contribution in [-0.2, 0) is 4.74 Å². The molecule has 0 aromatic carbocycles. The molecule has 0 spiro atoms. The van der Waals surface area contributed by atoms with E-state index in [4.69, 9.17) is 27.2 Å². The summed E-state index contributed by atoms with van der Waals surface area (Å²) >= 11 is 6.01. The molecule has 0 saturated carbocycles. The number of aliphatic hydroxyl groups excluding tert-OH is 3. The van der Waals surface area contributed by atoms with Gasteiger partial charge in [0, 0.05) is 0 Å². The number of fused-ring (bicyclic) bond motifs is 1. The third-order valence-corrected chi connectivity index (χ3v) is 3.64. The van der Waals surface area contributed by atoms with E-state index in [0.717, 1.165) is 0 Å². The molecule has 3 rings (SSSR count). The molecule has 0 unspecified atom stereocenters. The quantitative estimate of drug-likeness (QED) is 0.330. The van der Waals surface area contributed by atoms with Crippen LogP contribution in [0.15, 0.2) is 11.3 Å². The number of aliphatic hydroxyl groups is 3. The van der Waals surface area contributed by atoms with Crippen molar-refractivity contribution in [2.45, 2.75) is 30.0 Å². The number of nitrogens with two attached hydrogens (primary N) is 1. The van der Waals surface area contributed by atoms with Gasteiger partial charge in [0.1, 0.15) is 29.8 Å². The lowest BCUT2D eigenvalue weighted by Crippen LogP contribution is -2.34. The first-order valence-electron chi connectivity index (χ1n) is 5.96. The molecule has 5 atom stereocenters. The van der Waals surface area contributed by atoms with E-state index in [1.807, 2.05) is 0 Å². The highest BCUT2D eigenvalue weighted by molar-refractivity contribution is 6.22. The number of aliphatic imine (C=N–C) groups is 1. The van der Waals surface area contributed by atoms with Crippen LogP contribution in [0, 0.1) is 0 Å². The number of anilines is 1. The number of alkyl halides is 1. The summed E-state index contributed by atoms with van der Waals surface area (Å²) in [7, 11) is 0. The predicted molar refractivity (Wildman–Crippen MR) is 69.1 cm³/mol. The Kier molecular flexibility index (Phi) is 3.30. The van der Waals surface area contributed by atoms with Crippen LogP contribution in [0.3, 0.4) is 0 Å². The van der Waals surface area contributed by atoms with Crippen molar-refractivity contribution in [3.8, 4) is 0 Å². The maximum atomic E-state index is 10.0. The average molecular weight is 304 g/mol. The highest BCUT2D eigenvalue weighted by Gasteiger charge is 2.44. The molecule has 10 heteroatoms. The Balaban J connectivity index is 1.94. The van der Waals surface area contributed by atoms with E-state index in [0.29, 0.717) is 11.5 Å². The summed E-state index contributed by atoms with van der Waals surface area (Å²) in [6, 6.07) is 0. The molecule has 0 amide bonds. The maximum Gasteiger partial charge on any atom is 0.196 e. The number of nitrogens with one attached hydrogen (secondary N) is 1. The fourth-order valence-electron chi connectivity index (χ4n) is 2.32. The molecular weight excluding hydrogens is 290 g/mol. The van der Waals surface area contributed by atoms with Gasteiger partial charge in [-0.1, -0.05) is 11.6 Å². The zero-order valence-electron chi connectivity index (χ0n) is 10.2. The van der Waals surface area contributed by atoms with E-state index in [1.165, 1.54) is 10.9 Å². The molecule has 1 fully saturated rings. The molecule has 110 valence electrons. The Morgan fingerprint density at radius 1 is 1.45 bits per heavy atom. The van der Waals surface area contributed by atoms with Crippen molar-refractivity contribution in [3.05, 3.63) is 12.0 Å². The molecule has 9 nitrogen and oxygen atoms in total. The fourth-order valence-corrected chi connectivity index (χ4v) is 2.58. The van der Waals surface area contributed by atoms with Crippen LogP contribution in [0.2, 0.25) is 0 Å². The Bertz CT molecular complexity index is 550. The Hall–Kier alpha value is -1.39. The summed E-state index contributed by atoms with van der Waals surface area (Å²) in [5, 5.41) is 31.7. The Morgan fingerprint density at radius 3 is 2.85 bits per heavy atom. The van der Waals surface area contributed by atoms with Gasteiger partial charge in [-0.05, 0) is 0 Å². The first-order valence-corrected chi connectivity index (χ1v) is 6.40. The number of nitrogens with zero attached hydrogens (tertiary/aromatic N) is 3. The SMILES string of the molecule is NC1=N[C@@H](Cl)c2ncn([C@@H]3O[C@@H](CO)[C@H](O)[C@@H]3O)c2N1. The summed E-state index contributed by atoms with van der Waals surface area (Å²) in [4.78, 5) is 8.01. The summed E-state index contributed by atoms with van der Waals surface area (Å²) < 4.78 is 6.89. The minimum atomic E-state index is -1.21. The first-order chi connectivity index (χ1) is 9.52. The zero-order valence-corrected chi connectivity index (χ0v) is 11.0. The zero-order chi connectivity index (χ0) is 14.4. The van der Waals surface area contributed by atoms with Gasteiger partial charge in [0.2, 0.25) is 0 Å². The molecule has 0 bridgehead atoms. The molecule has 1 aromatic rings. The summed E-state index contributed by atoms with van der Waals surface area (Å²) in [6.07, 6.45) is -2.76. The fraction of sp³-hybridized carbons (Fsp3) is 0.600. The third kappa shape index (κ3) is 1.95. The minimum absolute atomic E-state index is 0.117. The molecule has 1 saturated heterocycles. The van der Waals surface area contributed by atoms with Gasteiger partial charge in [0.15, 0.2) is 17.7 Å². The number of imidazole rings is 1. The monoisotopic (exact) mass is 303 g/mol. The van der Waals surface area contributed by atoms with Crippen LogP contribution in [0.4, 0.5) is 5.82 Å². The van der Waals surface area contributed by atoms with E-state index in [-0.39, 0.29) is 5.96 Å². The Labute approximate surface area is 118 Å². The van der Waals surface area contributed by atoms with Crippen LogP contribution >= 0.6 is 11.6 Å². The molecule has 0 aliphatic carbocycles. The number of rotatable bonds is 2. The van der Waals surface area contributed by atoms with Crippen molar-refractivity contribution in [1.29, 1.82) is 0 Å². The van der Waals surface area contributed by atoms with Gasteiger partial charge in [-0.3, -0.25) is 4.57 Å². The number of hydrogen-bond acceptors (Lipinski definition) is 8. The molecule has 2 aliphatic heterocycles. The topological polar surface area (TPSA) is 138 Å². The van der Waals surface area contributed by atoms with Gasteiger partial charge in [-0.15, -0.1) is 0 Å². The van der Waals surface area contributed by atoms with E-state index < -0.39 is 36.6 Å². The summed E-state index contributed by atoms with van der Waals surface area (Å²) in [5.41, 5.74) is 5.31. The van der Waals surface area contributed by atoms with Crippen molar-refractivity contribution in [1.82, 2.24) is 9.55 Å². The summed E-state index contributed by atoms with van der Waals surface area (Å²) in [6.45, 7) is -0.402. The number of ether oxygens (including phenoxy) is 1. The van der Waals surface area contributed by atoms with Gasteiger partial charge in [0.05, 0.1) is 12.9 Å². The van der Waals surface area contributed by atoms with Gasteiger partial charge >= 0.3 is 0 Å². The summed E-state index contributed by atoms with van der Waals surface area (Å²) in [5.74, 6) is 0.554. The predicted octanol–water partition coefficient (Wildman–Crippen LogP) is -1.53. The molecule has 2 aliphatic rings. The minimum Gasteiger partial charge on any atom is -0.394 e. The Morgan fingerprint density at radius 2 is 2.20 bits per heavy atom. The van der Waals surface area contributed by atoms with Crippen LogP contribution in [0.25, 0.3) is 0 Å².